The minimum Gasteiger partial charge on any atom is -0.465 e. The third kappa shape index (κ3) is 6.66. The molecule has 1 aliphatic heterocycles. The van der Waals surface area contributed by atoms with Crippen molar-refractivity contribution in [3.05, 3.63) is 82.7 Å². The van der Waals surface area contributed by atoms with Gasteiger partial charge in [-0.15, -0.1) is 11.3 Å². The lowest BCUT2D eigenvalue weighted by molar-refractivity contribution is -0.117. The first-order valence-electron chi connectivity index (χ1n) is 11.8. The Balaban J connectivity index is 1.31. The molecule has 1 aliphatic rings. The summed E-state index contributed by atoms with van der Waals surface area (Å²) in [7, 11) is 1.36. The predicted molar refractivity (Wildman–Crippen MR) is 143 cm³/mol. The molecule has 0 unspecified atom stereocenters. The number of rotatable bonds is 8. The summed E-state index contributed by atoms with van der Waals surface area (Å²) in [5, 5.41) is 5.38. The van der Waals surface area contributed by atoms with Crippen molar-refractivity contribution >= 4 is 34.3 Å². The van der Waals surface area contributed by atoms with Gasteiger partial charge >= 0.3 is 5.97 Å². The van der Waals surface area contributed by atoms with E-state index in [0.29, 0.717) is 17.1 Å². The van der Waals surface area contributed by atoms with Gasteiger partial charge in [0, 0.05) is 43.7 Å². The van der Waals surface area contributed by atoms with Gasteiger partial charge in [0.2, 0.25) is 5.91 Å². The number of carbonyl (C=O) groups is 2. The summed E-state index contributed by atoms with van der Waals surface area (Å²) in [5.74, 6) is -0.570. The van der Waals surface area contributed by atoms with Crippen LogP contribution in [0.5, 0.6) is 0 Å². The second-order valence-electron chi connectivity index (χ2n) is 8.65. The topological polar surface area (TPSA) is 61.9 Å². The van der Waals surface area contributed by atoms with Gasteiger partial charge in [0.25, 0.3) is 0 Å². The van der Waals surface area contributed by atoms with Crippen LogP contribution in [0.15, 0.2) is 66.1 Å². The van der Waals surface area contributed by atoms with Gasteiger partial charge in [0.1, 0.15) is 10.6 Å². The maximum atomic E-state index is 12.8. The van der Waals surface area contributed by atoms with Crippen LogP contribution in [0.3, 0.4) is 0 Å². The number of thiophene rings is 1. The first-order chi connectivity index (χ1) is 17.0. The van der Waals surface area contributed by atoms with Gasteiger partial charge < -0.3 is 10.1 Å². The summed E-state index contributed by atoms with van der Waals surface area (Å²) in [6.07, 6.45) is 4.33. The zero-order valence-electron chi connectivity index (χ0n) is 20.2. The van der Waals surface area contributed by atoms with Crippen LogP contribution in [0.4, 0.5) is 5.00 Å². The highest BCUT2D eigenvalue weighted by atomic mass is 32.1. The summed E-state index contributed by atoms with van der Waals surface area (Å²) in [6.45, 7) is 6.70. The number of piperazine rings is 1. The van der Waals surface area contributed by atoms with Gasteiger partial charge in [-0.2, -0.15) is 0 Å². The SMILES string of the molecule is COC(=O)c1c(-c2ccc(C)cc2)csc1NC(=O)CN1CCN(C/C=C/c2ccccc2)CC1. The average molecular weight is 490 g/mol. The van der Waals surface area contributed by atoms with E-state index in [1.165, 1.54) is 24.0 Å². The molecule has 182 valence electrons. The number of carbonyl (C=O) groups excluding carboxylic acids is 2. The van der Waals surface area contributed by atoms with Crippen molar-refractivity contribution in [2.45, 2.75) is 6.92 Å². The third-order valence-corrected chi connectivity index (χ3v) is 7.00. The van der Waals surface area contributed by atoms with E-state index in [2.05, 4.69) is 39.4 Å². The molecule has 2 aromatic carbocycles. The van der Waals surface area contributed by atoms with Gasteiger partial charge in [0.15, 0.2) is 0 Å². The van der Waals surface area contributed by atoms with Crippen LogP contribution in [0.1, 0.15) is 21.5 Å². The standard InChI is InChI=1S/C28H31N3O3S/c1-21-10-12-23(13-11-21)24-20-35-27(26(24)28(33)34-2)29-25(32)19-31-17-15-30(16-18-31)14-6-9-22-7-4-3-5-8-22/h3-13,20H,14-19H2,1-2H3,(H,29,32)/b9-6+. The maximum Gasteiger partial charge on any atom is 0.341 e. The van der Waals surface area contributed by atoms with Gasteiger partial charge in [-0.05, 0) is 18.1 Å². The highest BCUT2D eigenvalue weighted by molar-refractivity contribution is 7.15. The molecular formula is C28H31N3O3S. The van der Waals surface area contributed by atoms with E-state index in [0.717, 1.165) is 49.4 Å². The fourth-order valence-corrected chi connectivity index (χ4v) is 5.07. The van der Waals surface area contributed by atoms with E-state index in [1.54, 1.807) is 0 Å². The molecule has 0 radical (unpaired) electrons. The second kappa shape index (κ2) is 11.9. The molecule has 1 N–H and O–H groups in total. The van der Waals surface area contributed by atoms with Gasteiger partial charge in [-0.1, -0.05) is 72.3 Å². The Hall–Kier alpha value is -3.26. The van der Waals surface area contributed by atoms with E-state index in [-0.39, 0.29) is 5.91 Å². The lowest BCUT2D eigenvalue weighted by Gasteiger charge is -2.33. The summed E-state index contributed by atoms with van der Waals surface area (Å²) in [4.78, 5) is 29.9. The molecule has 1 saturated heterocycles. The number of hydrogen-bond donors (Lipinski definition) is 1. The Morgan fingerprint density at radius 2 is 1.69 bits per heavy atom. The normalized spacial score (nSPS) is 14.8. The monoisotopic (exact) mass is 489 g/mol. The average Bonchev–Trinajstić information content (AvgIpc) is 3.29. The number of aryl methyl sites for hydroxylation is 1. The number of esters is 1. The van der Waals surface area contributed by atoms with Crippen LogP contribution >= 0.6 is 11.3 Å². The fourth-order valence-electron chi connectivity index (χ4n) is 4.10. The van der Waals surface area contributed by atoms with Crippen LogP contribution in [0.2, 0.25) is 0 Å². The number of methoxy groups -OCH3 is 1. The number of benzene rings is 2. The Kier molecular flexibility index (Phi) is 8.47. The van der Waals surface area contributed by atoms with E-state index < -0.39 is 5.97 Å². The third-order valence-electron chi connectivity index (χ3n) is 6.10. The lowest BCUT2D eigenvalue weighted by atomic mass is 10.0. The molecule has 1 fully saturated rings. The molecule has 1 amide bonds. The van der Waals surface area contributed by atoms with E-state index >= 15 is 0 Å². The van der Waals surface area contributed by atoms with E-state index in [1.807, 2.05) is 54.8 Å². The van der Waals surface area contributed by atoms with E-state index in [9.17, 15) is 9.59 Å². The van der Waals surface area contributed by atoms with Crippen LogP contribution in [-0.4, -0.2) is 68.1 Å². The Labute approximate surface area is 210 Å². The first kappa shape index (κ1) is 24.9. The fraction of sp³-hybridized carbons (Fsp3) is 0.286. The molecule has 0 atom stereocenters. The maximum absolute atomic E-state index is 12.8. The molecule has 6 nitrogen and oxygen atoms in total. The van der Waals surface area contributed by atoms with Crippen LogP contribution in [0.25, 0.3) is 17.2 Å². The Bertz CT molecular complexity index is 1160. The van der Waals surface area contributed by atoms with Crippen molar-refractivity contribution < 1.29 is 14.3 Å². The molecule has 0 aliphatic carbocycles. The Morgan fingerprint density at radius 1 is 1.00 bits per heavy atom. The smallest absolute Gasteiger partial charge is 0.341 e. The second-order valence-corrected chi connectivity index (χ2v) is 9.53. The largest absolute Gasteiger partial charge is 0.465 e. The molecule has 0 spiro atoms. The Morgan fingerprint density at radius 3 is 2.37 bits per heavy atom. The predicted octanol–water partition coefficient (Wildman–Crippen LogP) is 4.78. The molecular weight excluding hydrogens is 458 g/mol. The molecule has 7 heteroatoms. The number of hydrogen-bond acceptors (Lipinski definition) is 6. The molecule has 4 rings (SSSR count). The zero-order valence-corrected chi connectivity index (χ0v) is 21.0. The summed E-state index contributed by atoms with van der Waals surface area (Å²) < 4.78 is 5.02. The number of nitrogens with one attached hydrogen (secondary N) is 1. The van der Waals surface area contributed by atoms with Crippen molar-refractivity contribution in [1.29, 1.82) is 0 Å². The van der Waals surface area contributed by atoms with Crippen LogP contribution in [0, 0.1) is 6.92 Å². The number of amides is 1. The number of ether oxygens (including phenoxy) is 1. The zero-order chi connectivity index (χ0) is 24.6. The van der Waals surface area contributed by atoms with Crippen molar-refractivity contribution in [2.24, 2.45) is 0 Å². The molecule has 1 aromatic heterocycles. The van der Waals surface area contributed by atoms with Crippen molar-refractivity contribution in [3.8, 4) is 11.1 Å². The summed E-state index contributed by atoms with van der Waals surface area (Å²) >= 11 is 1.35. The molecule has 35 heavy (non-hydrogen) atoms. The minimum absolute atomic E-state index is 0.120. The molecule has 0 saturated carbocycles. The molecule has 0 bridgehead atoms. The first-order valence-corrected chi connectivity index (χ1v) is 12.6. The number of anilines is 1. The lowest BCUT2D eigenvalue weighted by Crippen LogP contribution is -2.48. The van der Waals surface area contributed by atoms with Gasteiger partial charge in [0.05, 0.1) is 13.7 Å². The minimum atomic E-state index is -0.450. The summed E-state index contributed by atoms with van der Waals surface area (Å²) in [5.41, 5.74) is 4.45. The summed E-state index contributed by atoms with van der Waals surface area (Å²) in [6, 6.07) is 18.2. The van der Waals surface area contributed by atoms with Crippen LogP contribution in [-0.2, 0) is 9.53 Å². The highest BCUT2D eigenvalue weighted by Gasteiger charge is 2.24. The van der Waals surface area contributed by atoms with Gasteiger partial charge in [-0.25, -0.2) is 4.79 Å². The van der Waals surface area contributed by atoms with Crippen molar-refractivity contribution in [1.82, 2.24) is 9.80 Å². The number of nitrogens with zero attached hydrogens (tertiary/aromatic N) is 2. The highest BCUT2D eigenvalue weighted by Crippen LogP contribution is 2.36. The van der Waals surface area contributed by atoms with Gasteiger partial charge in [-0.3, -0.25) is 14.6 Å². The van der Waals surface area contributed by atoms with Crippen molar-refractivity contribution in [3.63, 3.8) is 0 Å². The quantitative estimate of drug-likeness (QED) is 0.462. The van der Waals surface area contributed by atoms with Crippen molar-refractivity contribution in [2.75, 3.05) is 51.7 Å². The van der Waals surface area contributed by atoms with E-state index in [4.69, 9.17) is 4.74 Å². The van der Waals surface area contributed by atoms with Crippen LogP contribution < -0.4 is 5.32 Å². The molecule has 2 heterocycles. The molecule has 3 aromatic rings.